The van der Waals surface area contributed by atoms with E-state index in [1.54, 1.807) is 0 Å². The predicted octanol–water partition coefficient (Wildman–Crippen LogP) is 2.36. The summed E-state index contributed by atoms with van der Waals surface area (Å²) in [6, 6.07) is 10.2. The lowest BCUT2D eigenvalue weighted by atomic mass is 9.95. The highest BCUT2D eigenvalue weighted by atomic mass is 16.1. The lowest BCUT2D eigenvalue weighted by molar-refractivity contribution is -0.125. The van der Waals surface area contributed by atoms with Gasteiger partial charge in [0.2, 0.25) is 5.91 Å². The third-order valence-electron chi connectivity index (χ3n) is 3.08. The van der Waals surface area contributed by atoms with Crippen LogP contribution in [0.15, 0.2) is 30.3 Å². The molecule has 0 spiro atoms. The van der Waals surface area contributed by atoms with Crippen LogP contribution in [0.25, 0.3) is 0 Å². The number of amides is 1. The molecule has 1 aromatic carbocycles. The zero-order chi connectivity index (χ0) is 13.5. The molecule has 100 valence electrons. The van der Waals surface area contributed by atoms with Gasteiger partial charge in [0, 0.05) is 12.5 Å². The fraction of sp³-hybridized carbons (Fsp3) is 0.533. The number of hydrogen-bond acceptors (Lipinski definition) is 2. The Bertz CT molecular complexity index is 362. The maximum atomic E-state index is 12.1. The first kappa shape index (κ1) is 14.7. The Morgan fingerprint density at radius 2 is 1.78 bits per heavy atom. The minimum Gasteiger partial charge on any atom is -0.349 e. The first-order chi connectivity index (χ1) is 8.56. The van der Waals surface area contributed by atoms with E-state index < -0.39 is 0 Å². The van der Waals surface area contributed by atoms with Crippen LogP contribution in [0.3, 0.4) is 0 Å². The molecule has 0 saturated carbocycles. The molecule has 0 aliphatic carbocycles. The SMILES string of the molecule is CNCC(C)C(=O)NC(c1ccccc1)C(C)C. The molecule has 0 aliphatic rings. The van der Waals surface area contributed by atoms with Crippen LogP contribution < -0.4 is 10.6 Å². The number of carbonyl (C=O) groups is 1. The van der Waals surface area contributed by atoms with Gasteiger partial charge in [-0.25, -0.2) is 0 Å². The Morgan fingerprint density at radius 1 is 1.17 bits per heavy atom. The van der Waals surface area contributed by atoms with Crippen molar-refractivity contribution >= 4 is 5.91 Å². The van der Waals surface area contributed by atoms with Gasteiger partial charge in [-0.1, -0.05) is 51.1 Å². The van der Waals surface area contributed by atoms with Crippen LogP contribution in [-0.2, 0) is 4.79 Å². The fourth-order valence-corrected chi connectivity index (χ4v) is 1.99. The van der Waals surface area contributed by atoms with Crippen molar-refractivity contribution in [2.75, 3.05) is 13.6 Å². The molecular weight excluding hydrogens is 224 g/mol. The van der Waals surface area contributed by atoms with Crippen molar-refractivity contribution in [3.8, 4) is 0 Å². The molecule has 0 aliphatic heterocycles. The van der Waals surface area contributed by atoms with Crippen molar-refractivity contribution < 1.29 is 4.79 Å². The number of carbonyl (C=O) groups excluding carboxylic acids is 1. The summed E-state index contributed by atoms with van der Waals surface area (Å²) < 4.78 is 0. The zero-order valence-electron chi connectivity index (χ0n) is 11.7. The molecule has 1 rings (SSSR count). The zero-order valence-corrected chi connectivity index (χ0v) is 11.7. The molecular formula is C15H24N2O. The first-order valence-electron chi connectivity index (χ1n) is 6.56. The summed E-state index contributed by atoms with van der Waals surface area (Å²) in [5.41, 5.74) is 1.16. The van der Waals surface area contributed by atoms with Crippen molar-refractivity contribution in [2.24, 2.45) is 11.8 Å². The van der Waals surface area contributed by atoms with E-state index in [-0.39, 0.29) is 17.9 Å². The molecule has 1 aromatic rings. The molecule has 0 aromatic heterocycles. The van der Waals surface area contributed by atoms with Gasteiger partial charge in [-0.3, -0.25) is 4.79 Å². The predicted molar refractivity (Wildman–Crippen MR) is 75.3 cm³/mol. The summed E-state index contributed by atoms with van der Waals surface area (Å²) in [4.78, 5) is 12.1. The second-order valence-electron chi connectivity index (χ2n) is 5.10. The van der Waals surface area contributed by atoms with E-state index in [4.69, 9.17) is 0 Å². The Hall–Kier alpha value is -1.35. The number of hydrogen-bond donors (Lipinski definition) is 2. The van der Waals surface area contributed by atoms with Gasteiger partial charge in [-0.05, 0) is 18.5 Å². The van der Waals surface area contributed by atoms with Crippen molar-refractivity contribution in [3.05, 3.63) is 35.9 Å². The van der Waals surface area contributed by atoms with Crippen LogP contribution in [0.2, 0.25) is 0 Å². The number of nitrogens with one attached hydrogen (secondary N) is 2. The van der Waals surface area contributed by atoms with Crippen LogP contribution in [0.1, 0.15) is 32.4 Å². The van der Waals surface area contributed by atoms with Gasteiger partial charge in [0.1, 0.15) is 0 Å². The topological polar surface area (TPSA) is 41.1 Å². The average molecular weight is 248 g/mol. The largest absolute Gasteiger partial charge is 0.349 e. The number of benzene rings is 1. The van der Waals surface area contributed by atoms with Gasteiger partial charge >= 0.3 is 0 Å². The molecule has 0 radical (unpaired) electrons. The fourth-order valence-electron chi connectivity index (χ4n) is 1.99. The van der Waals surface area contributed by atoms with E-state index in [0.29, 0.717) is 12.5 Å². The van der Waals surface area contributed by atoms with E-state index in [1.807, 2.05) is 32.2 Å². The van der Waals surface area contributed by atoms with Crippen LogP contribution in [0.5, 0.6) is 0 Å². The van der Waals surface area contributed by atoms with E-state index >= 15 is 0 Å². The molecule has 18 heavy (non-hydrogen) atoms. The molecule has 3 nitrogen and oxygen atoms in total. The molecule has 1 amide bonds. The first-order valence-corrected chi connectivity index (χ1v) is 6.56. The normalized spacial score (nSPS) is 14.3. The molecule has 0 fully saturated rings. The summed E-state index contributed by atoms with van der Waals surface area (Å²) in [6.45, 7) is 6.89. The maximum Gasteiger partial charge on any atom is 0.224 e. The van der Waals surface area contributed by atoms with Gasteiger partial charge in [0.05, 0.1) is 6.04 Å². The van der Waals surface area contributed by atoms with Crippen LogP contribution in [0.4, 0.5) is 0 Å². The summed E-state index contributed by atoms with van der Waals surface area (Å²) >= 11 is 0. The summed E-state index contributed by atoms with van der Waals surface area (Å²) in [6.07, 6.45) is 0. The van der Waals surface area contributed by atoms with E-state index in [9.17, 15) is 4.79 Å². The third kappa shape index (κ3) is 4.15. The average Bonchev–Trinajstić information content (AvgIpc) is 2.36. The minimum atomic E-state index is -0.0139. The second-order valence-corrected chi connectivity index (χ2v) is 5.10. The van der Waals surface area contributed by atoms with Gasteiger partial charge in [-0.15, -0.1) is 0 Å². The van der Waals surface area contributed by atoms with Gasteiger partial charge in [0.25, 0.3) is 0 Å². The third-order valence-corrected chi connectivity index (χ3v) is 3.08. The molecule has 2 atom stereocenters. The molecule has 0 saturated heterocycles. The van der Waals surface area contributed by atoms with Crippen LogP contribution in [-0.4, -0.2) is 19.5 Å². The Balaban J connectivity index is 2.73. The highest BCUT2D eigenvalue weighted by Gasteiger charge is 2.20. The van der Waals surface area contributed by atoms with Crippen LogP contribution in [0, 0.1) is 11.8 Å². The molecule has 2 unspecified atom stereocenters. The summed E-state index contributed by atoms with van der Waals surface area (Å²) in [7, 11) is 1.86. The van der Waals surface area contributed by atoms with E-state index in [0.717, 1.165) is 5.56 Å². The molecule has 0 bridgehead atoms. The summed E-state index contributed by atoms with van der Waals surface area (Å²) in [5, 5.41) is 6.17. The Morgan fingerprint density at radius 3 is 2.28 bits per heavy atom. The summed E-state index contributed by atoms with van der Waals surface area (Å²) in [5.74, 6) is 0.463. The van der Waals surface area contributed by atoms with Gasteiger partial charge in [-0.2, -0.15) is 0 Å². The maximum absolute atomic E-state index is 12.1. The van der Waals surface area contributed by atoms with Crippen LogP contribution >= 0.6 is 0 Å². The van der Waals surface area contributed by atoms with Crippen molar-refractivity contribution in [1.82, 2.24) is 10.6 Å². The second kappa shape index (κ2) is 7.17. The Labute approximate surface area is 110 Å². The van der Waals surface area contributed by atoms with E-state index in [2.05, 4.69) is 36.6 Å². The molecule has 0 heterocycles. The monoisotopic (exact) mass is 248 g/mol. The molecule has 2 N–H and O–H groups in total. The van der Waals surface area contributed by atoms with Crippen molar-refractivity contribution in [2.45, 2.75) is 26.8 Å². The highest BCUT2D eigenvalue weighted by Crippen LogP contribution is 2.21. The lowest BCUT2D eigenvalue weighted by Gasteiger charge is -2.24. The quantitative estimate of drug-likeness (QED) is 0.811. The smallest absolute Gasteiger partial charge is 0.224 e. The Kier molecular flexibility index (Phi) is 5.86. The van der Waals surface area contributed by atoms with E-state index in [1.165, 1.54) is 0 Å². The lowest BCUT2D eigenvalue weighted by Crippen LogP contribution is -2.38. The highest BCUT2D eigenvalue weighted by molar-refractivity contribution is 5.79. The standard InChI is InChI=1S/C15H24N2O/c1-11(2)14(13-8-6-5-7-9-13)17-15(18)12(3)10-16-4/h5-9,11-12,14,16H,10H2,1-4H3,(H,17,18). The van der Waals surface area contributed by atoms with Crippen molar-refractivity contribution in [3.63, 3.8) is 0 Å². The van der Waals surface area contributed by atoms with Crippen molar-refractivity contribution in [1.29, 1.82) is 0 Å². The molecule has 3 heteroatoms. The number of rotatable bonds is 6. The van der Waals surface area contributed by atoms with Gasteiger partial charge < -0.3 is 10.6 Å². The minimum absolute atomic E-state index is 0.0139. The van der Waals surface area contributed by atoms with Gasteiger partial charge in [0.15, 0.2) is 0 Å².